The molecule has 1 aliphatic heterocycles. The van der Waals surface area contributed by atoms with E-state index < -0.39 is 12.0 Å². The molecule has 1 aromatic heterocycles. The second-order valence-corrected chi connectivity index (χ2v) is 9.28. The van der Waals surface area contributed by atoms with Crippen molar-refractivity contribution in [1.29, 1.82) is 0 Å². The molecular weight excluding hydrogens is 393 g/mol. The predicted molar refractivity (Wildman–Crippen MR) is 122 cm³/mol. The third-order valence-electron chi connectivity index (χ3n) is 6.30. The summed E-state index contributed by atoms with van der Waals surface area (Å²) < 4.78 is 13.4. The van der Waals surface area contributed by atoms with E-state index in [9.17, 15) is 9.18 Å². The molecule has 0 bridgehead atoms. The number of anilines is 2. The monoisotopic (exact) mass is 423 g/mol. The Morgan fingerprint density at radius 2 is 1.94 bits per heavy atom. The molecule has 0 saturated carbocycles. The van der Waals surface area contributed by atoms with Crippen molar-refractivity contribution in [2.45, 2.75) is 33.1 Å². The molecule has 1 fully saturated rings. The lowest BCUT2D eigenvalue weighted by Gasteiger charge is -2.35. The van der Waals surface area contributed by atoms with Crippen LogP contribution in [0.1, 0.15) is 49.2 Å². The molecule has 0 atom stereocenters. The predicted octanol–water partition coefficient (Wildman–Crippen LogP) is 4.21. The van der Waals surface area contributed by atoms with E-state index in [0.29, 0.717) is 5.41 Å². The Kier molecular flexibility index (Phi) is 6.05. The fourth-order valence-corrected chi connectivity index (χ4v) is 4.14. The second kappa shape index (κ2) is 8.75. The summed E-state index contributed by atoms with van der Waals surface area (Å²) in [4.78, 5) is 24.5. The maximum absolute atomic E-state index is 13.4. The summed E-state index contributed by atoms with van der Waals surface area (Å²) >= 11 is 0. The Bertz CT molecular complexity index is 995. The van der Waals surface area contributed by atoms with E-state index in [-0.39, 0.29) is 5.69 Å². The number of allylic oxidation sites excluding steroid dienone is 2. The van der Waals surface area contributed by atoms with Crippen molar-refractivity contribution in [3.05, 3.63) is 53.9 Å². The Morgan fingerprint density at radius 3 is 2.61 bits per heavy atom. The molecule has 2 heterocycles. The Balaban J connectivity index is 1.65. The molecule has 1 amide bonds. The number of hydrogen-bond donors (Lipinski definition) is 1. The Morgan fingerprint density at radius 1 is 1.16 bits per heavy atom. The average Bonchev–Trinajstić information content (AvgIpc) is 2.75. The SMILES string of the molecule is CN1CCN(c2ccc(NC(=O)c3ccnc(F)n3)c(C3=CCC(C)(C)CC3)c2)CC1. The van der Waals surface area contributed by atoms with Crippen molar-refractivity contribution in [1.82, 2.24) is 14.9 Å². The summed E-state index contributed by atoms with van der Waals surface area (Å²) in [6, 6.07) is 7.61. The first-order valence-electron chi connectivity index (χ1n) is 10.9. The van der Waals surface area contributed by atoms with Gasteiger partial charge in [-0.1, -0.05) is 19.9 Å². The van der Waals surface area contributed by atoms with Crippen molar-refractivity contribution in [3.8, 4) is 0 Å². The Labute approximate surface area is 183 Å². The van der Waals surface area contributed by atoms with Crippen molar-refractivity contribution < 1.29 is 9.18 Å². The van der Waals surface area contributed by atoms with Crippen LogP contribution in [0.25, 0.3) is 5.57 Å². The number of nitrogens with zero attached hydrogens (tertiary/aromatic N) is 4. The zero-order valence-corrected chi connectivity index (χ0v) is 18.5. The van der Waals surface area contributed by atoms with E-state index in [0.717, 1.165) is 56.7 Å². The average molecular weight is 424 g/mol. The number of carbonyl (C=O) groups excluding carboxylic acids is 1. The van der Waals surface area contributed by atoms with Crippen LogP contribution in [0.5, 0.6) is 0 Å². The minimum atomic E-state index is -0.907. The number of likely N-dealkylation sites (N-methyl/N-ethyl adjacent to an activating group) is 1. The van der Waals surface area contributed by atoms with Crippen LogP contribution in [-0.2, 0) is 0 Å². The topological polar surface area (TPSA) is 61.4 Å². The fraction of sp³-hybridized carbons (Fsp3) is 0.458. The highest BCUT2D eigenvalue weighted by Crippen LogP contribution is 2.41. The van der Waals surface area contributed by atoms with Crippen LogP contribution in [0.15, 0.2) is 36.5 Å². The normalized spacial score (nSPS) is 19.1. The number of rotatable bonds is 4. The van der Waals surface area contributed by atoms with Gasteiger partial charge < -0.3 is 15.1 Å². The molecule has 1 saturated heterocycles. The van der Waals surface area contributed by atoms with Gasteiger partial charge in [0.15, 0.2) is 0 Å². The summed E-state index contributed by atoms with van der Waals surface area (Å²) in [5, 5.41) is 2.95. The Hall–Kier alpha value is -2.80. The van der Waals surface area contributed by atoms with Crippen LogP contribution in [-0.4, -0.2) is 54.0 Å². The van der Waals surface area contributed by atoms with E-state index in [1.165, 1.54) is 23.5 Å². The molecule has 7 heteroatoms. The van der Waals surface area contributed by atoms with Gasteiger partial charge in [-0.15, -0.1) is 0 Å². The molecule has 1 aromatic carbocycles. The van der Waals surface area contributed by atoms with E-state index in [2.05, 4.69) is 64.2 Å². The van der Waals surface area contributed by atoms with Gasteiger partial charge in [0, 0.05) is 49.3 Å². The smallest absolute Gasteiger partial charge is 0.309 e. The molecule has 0 spiro atoms. The first-order chi connectivity index (χ1) is 14.8. The lowest BCUT2D eigenvalue weighted by atomic mass is 9.77. The number of halogens is 1. The molecule has 2 aliphatic rings. The molecule has 4 rings (SSSR count). The summed E-state index contributed by atoms with van der Waals surface area (Å²) in [6.45, 7) is 8.59. The zero-order valence-electron chi connectivity index (χ0n) is 18.5. The first kappa shape index (κ1) is 21.4. The zero-order chi connectivity index (χ0) is 22.0. The highest BCUT2D eigenvalue weighted by atomic mass is 19.1. The van der Waals surface area contributed by atoms with E-state index >= 15 is 0 Å². The third kappa shape index (κ3) is 5.10. The van der Waals surface area contributed by atoms with Crippen molar-refractivity contribution in [2.24, 2.45) is 5.41 Å². The molecular formula is C24H30FN5O. The maximum Gasteiger partial charge on any atom is 0.309 e. The van der Waals surface area contributed by atoms with Gasteiger partial charge in [-0.3, -0.25) is 4.79 Å². The van der Waals surface area contributed by atoms with Crippen molar-refractivity contribution in [2.75, 3.05) is 43.4 Å². The quantitative estimate of drug-likeness (QED) is 0.747. The molecule has 0 radical (unpaired) electrons. The minimum absolute atomic E-state index is 0.0142. The number of amides is 1. The number of nitrogens with one attached hydrogen (secondary N) is 1. The van der Waals surface area contributed by atoms with Crippen LogP contribution in [0.3, 0.4) is 0 Å². The molecule has 1 N–H and O–H groups in total. The van der Waals surface area contributed by atoms with Gasteiger partial charge in [0.1, 0.15) is 5.69 Å². The number of carbonyl (C=O) groups is 1. The summed E-state index contributed by atoms with van der Waals surface area (Å²) in [6.07, 6.45) is 5.71. The van der Waals surface area contributed by atoms with Gasteiger partial charge in [0.05, 0.1) is 0 Å². The van der Waals surface area contributed by atoms with E-state index in [4.69, 9.17) is 0 Å². The number of piperazine rings is 1. The molecule has 31 heavy (non-hydrogen) atoms. The third-order valence-corrected chi connectivity index (χ3v) is 6.30. The highest BCUT2D eigenvalue weighted by molar-refractivity contribution is 6.04. The molecule has 6 nitrogen and oxygen atoms in total. The first-order valence-corrected chi connectivity index (χ1v) is 10.9. The summed E-state index contributed by atoms with van der Waals surface area (Å²) in [5.41, 5.74) is 4.49. The number of aromatic nitrogens is 2. The summed E-state index contributed by atoms with van der Waals surface area (Å²) in [5.74, 6) is -0.438. The van der Waals surface area contributed by atoms with E-state index in [1.807, 2.05) is 6.07 Å². The van der Waals surface area contributed by atoms with Crippen molar-refractivity contribution in [3.63, 3.8) is 0 Å². The van der Waals surface area contributed by atoms with Crippen molar-refractivity contribution >= 4 is 22.9 Å². The summed E-state index contributed by atoms with van der Waals surface area (Å²) in [7, 11) is 2.14. The van der Waals surface area contributed by atoms with Crippen LogP contribution < -0.4 is 10.2 Å². The molecule has 2 aromatic rings. The molecule has 1 aliphatic carbocycles. The van der Waals surface area contributed by atoms with Crippen LogP contribution >= 0.6 is 0 Å². The van der Waals surface area contributed by atoms with Gasteiger partial charge in [0.25, 0.3) is 5.91 Å². The second-order valence-electron chi connectivity index (χ2n) is 9.28. The van der Waals surface area contributed by atoms with Gasteiger partial charge in [-0.05, 0) is 61.6 Å². The molecule has 164 valence electrons. The van der Waals surface area contributed by atoms with Gasteiger partial charge in [-0.25, -0.2) is 4.98 Å². The largest absolute Gasteiger partial charge is 0.369 e. The lowest BCUT2D eigenvalue weighted by Crippen LogP contribution is -2.44. The number of benzene rings is 1. The maximum atomic E-state index is 13.4. The van der Waals surface area contributed by atoms with Gasteiger partial charge in [-0.2, -0.15) is 9.37 Å². The highest BCUT2D eigenvalue weighted by Gasteiger charge is 2.24. The van der Waals surface area contributed by atoms with Gasteiger partial charge in [0.2, 0.25) is 0 Å². The van der Waals surface area contributed by atoms with Crippen LogP contribution in [0.4, 0.5) is 15.8 Å². The van der Waals surface area contributed by atoms with Crippen LogP contribution in [0.2, 0.25) is 0 Å². The lowest BCUT2D eigenvalue weighted by molar-refractivity contribution is 0.102. The van der Waals surface area contributed by atoms with E-state index in [1.54, 1.807) is 0 Å². The van der Waals surface area contributed by atoms with Gasteiger partial charge >= 0.3 is 6.08 Å². The minimum Gasteiger partial charge on any atom is -0.369 e. The van der Waals surface area contributed by atoms with Crippen LogP contribution in [0, 0.1) is 11.5 Å². The molecule has 0 unspecified atom stereocenters. The fourth-order valence-electron chi connectivity index (χ4n) is 4.14. The number of hydrogen-bond acceptors (Lipinski definition) is 5. The standard InChI is InChI=1S/C24H30FN5O/c1-24(2)9-6-17(7-10-24)19-16-18(30-14-12-29(3)13-15-30)4-5-20(19)27-22(31)21-8-11-26-23(25)28-21/h4-6,8,11,16H,7,9-10,12-15H2,1-3H3,(H,27,31).